The summed E-state index contributed by atoms with van der Waals surface area (Å²) < 4.78 is 83.9. The van der Waals surface area contributed by atoms with Crippen molar-refractivity contribution < 1.29 is 51.1 Å². The summed E-state index contributed by atoms with van der Waals surface area (Å²) in [4.78, 5) is 53.3. The average Bonchev–Trinajstić information content (AvgIpc) is 4.35. The monoisotopic (exact) mass is 1100 g/mol. The second-order valence-electron chi connectivity index (χ2n) is 18.6. The Kier molecular flexibility index (Phi) is 15.4. The van der Waals surface area contributed by atoms with E-state index in [9.17, 15) is 9.59 Å². The van der Waals surface area contributed by atoms with Gasteiger partial charge < -0.3 is 34.3 Å². The van der Waals surface area contributed by atoms with Gasteiger partial charge in [0.1, 0.15) is 48.6 Å². The first-order chi connectivity index (χ1) is 38.9. The zero-order chi connectivity index (χ0) is 55.5. The molecule has 19 nitrogen and oxygen atoms in total. The number of ether oxygens (including phenoxy) is 5. The maximum Gasteiger partial charge on any atom is 0.256 e. The Morgan fingerprint density at radius 2 is 1.07 bits per heavy atom. The zero-order valence-electron chi connectivity index (χ0n) is 43.1. The van der Waals surface area contributed by atoms with Crippen molar-refractivity contribution in [1.82, 2.24) is 39.0 Å². The van der Waals surface area contributed by atoms with Crippen LogP contribution in [0.3, 0.4) is 0 Å². The molecule has 2 fully saturated rings. The van der Waals surface area contributed by atoms with Gasteiger partial charge in [-0.25, -0.2) is 43.2 Å². The number of nitrogens with one attached hydrogen (secondary N) is 2. The molecule has 0 aliphatic carbocycles. The lowest BCUT2D eigenvalue weighted by Gasteiger charge is -2.39. The van der Waals surface area contributed by atoms with E-state index < -0.39 is 81.8 Å². The number of anilines is 2. The molecule has 0 radical (unpaired) electrons. The zero-order valence-corrected chi connectivity index (χ0v) is 44.0. The molecular weight excluding hydrogens is 1050 g/mol. The van der Waals surface area contributed by atoms with Crippen molar-refractivity contribution in [2.45, 2.75) is 68.2 Å². The highest BCUT2D eigenvalue weighted by Crippen LogP contribution is 2.58. The number of imidazole rings is 2. The summed E-state index contributed by atoms with van der Waals surface area (Å²) in [5.41, 5.74) is 2.21. The molecule has 0 saturated carbocycles. The van der Waals surface area contributed by atoms with Gasteiger partial charge in [-0.3, -0.25) is 23.2 Å². The van der Waals surface area contributed by atoms with Crippen LogP contribution in [-0.2, 0) is 28.9 Å². The number of hydrogen-bond donors (Lipinski definition) is 2. The molecule has 80 heavy (non-hydrogen) atoms. The molecular formula is C57H56BF2N10O9P. The van der Waals surface area contributed by atoms with Crippen LogP contribution >= 0.6 is 7.59 Å². The Labute approximate surface area is 459 Å². The molecule has 6 heterocycles. The molecule has 2 amide bonds. The molecule has 6 unspecified atom stereocenters. The van der Waals surface area contributed by atoms with E-state index >= 15 is 8.78 Å². The van der Waals surface area contributed by atoms with E-state index in [0.29, 0.717) is 45.7 Å². The highest BCUT2D eigenvalue weighted by molar-refractivity contribution is 7.89. The number of alkyl halides is 2. The molecule has 2 saturated heterocycles. The summed E-state index contributed by atoms with van der Waals surface area (Å²) in [5, 5.41) is 5.64. The van der Waals surface area contributed by atoms with Crippen LogP contribution < -0.4 is 20.1 Å². The van der Waals surface area contributed by atoms with Gasteiger partial charge in [0.25, 0.3) is 11.8 Å². The number of methoxy groups -OCH3 is 2. The topological polar surface area (TPSA) is 210 Å². The van der Waals surface area contributed by atoms with Crippen LogP contribution in [0.1, 0.15) is 63.2 Å². The number of aromatic nitrogens is 8. The predicted octanol–water partition coefficient (Wildman–Crippen LogP) is 8.61. The molecule has 4 aromatic heterocycles. The maximum atomic E-state index is 18.4. The molecule has 0 spiro atoms. The molecule has 9 aromatic rings. The van der Waals surface area contributed by atoms with Crippen LogP contribution in [0, 0.1) is 0 Å². The van der Waals surface area contributed by atoms with Crippen LogP contribution in [0.25, 0.3) is 22.3 Å². The fraction of sp³-hybridized carbons (Fsp3) is 0.263. The van der Waals surface area contributed by atoms with Crippen molar-refractivity contribution in [2.75, 3.05) is 38.1 Å². The number of amides is 2. The quantitative estimate of drug-likeness (QED) is 0.0441. The number of fused-ring (bicyclic) bond motifs is 2. The number of halogens is 2. The van der Waals surface area contributed by atoms with E-state index in [1.807, 2.05) is 98.5 Å². The molecule has 410 valence electrons. The van der Waals surface area contributed by atoms with Gasteiger partial charge in [0.15, 0.2) is 72.4 Å². The lowest BCUT2D eigenvalue weighted by atomic mass is 9.79. The number of nitrogens with zero attached hydrogens (tertiary/aromatic N) is 8. The number of carbonyl (C=O) groups is 2. The highest BCUT2D eigenvalue weighted by Gasteiger charge is 2.55. The lowest BCUT2D eigenvalue weighted by molar-refractivity contribution is -0.103. The first-order valence-corrected chi connectivity index (χ1v) is 26.9. The summed E-state index contributed by atoms with van der Waals surface area (Å²) >= 11 is 0. The van der Waals surface area contributed by atoms with Crippen LogP contribution in [0.4, 0.5) is 20.4 Å². The summed E-state index contributed by atoms with van der Waals surface area (Å²) in [6.07, 6.45) is -4.83. The molecule has 23 heteroatoms. The molecule has 2 N–H and O–H groups in total. The number of carbonyl (C=O) groups excluding carboxylic acids is 2. The summed E-state index contributed by atoms with van der Waals surface area (Å²) in [5.74, 6) is 0.646. The summed E-state index contributed by atoms with van der Waals surface area (Å²) in [6.45, 7) is 3.42. The predicted molar refractivity (Wildman–Crippen MR) is 298 cm³/mol. The molecule has 0 bridgehead atoms. The number of benzene rings is 5. The third kappa shape index (κ3) is 10.5. The van der Waals surface area contributed by atoms with E-state index in [1.165, 1.54) is 29.9 Å². The summed E-state index contributed by atoms with van der Waals surface area (Å²) in [6, 6.07) is 41.6. The Balaban J connectivity index is 0.941. The summed E-state index contributed by atoms with van der Waals surface area (Å²) in [7, 11) is -0.644. The van der Waals surface area contributed by atoms with Crippen molar-refractivity contribution in [3.05, 3.63) is 193 Å². The Morgan fingerprint density at radius 3 is 1.56 bits per heavy atom. The second kappa shape index (κ2) is 22.9. The van der Waals surface area contributed by atoms with Gasteiger partial charge in [0, 0.05) is 11.1 Å². The van der Waals surface area contributed by atoms with Crippen molar-refractivity contribution in [3.8, 4) is 11.5 Å². The second-order valence-corrected chi connectivity index (χ2v) is 19.9. The Hall–Kier alpha value is -8.11. The maximum absolute atomic E-state index is 18.4. The van der Waals surface area contributed by atoms with Crippen molar-refractivity contribution in [2.24, 2.45) is 0 Å². The fourth-order valence-corrected chi connectivity index (χ4v) is 10.9. The number of hydrogen-bond acceptors (Lipinski definition) is 15. The number of rotatable bonds is 19. The van der Waals surface area contributed by atoms with E-state index in [1.54, 1.807) is 73.4 Å². The van der Waals surface area contributed by atoms with E-state index in [2.05, 4.69) is 40.5 Å². The molecule has 5 aromatic carbocycles. The molecule has 2 aliphatic heterocycles. The van der Waals surface area contributed by atoms with Crippen LogP contribution in [-0.4, -0.2) is 123 Å². The SMILES string of the molecule is [BH3-][P+](C)(OC[C@H]1O[C@@H](n2cnc3c(NC(=O)c4ccccc4)ncnc32)C(F)[C@H]1OC(c1ccccc1)(c1ccc(OC)cc1)c1ccc(OC)cc1)OC1C(F)C(CC)OC1n1cnc2c(NC(=O)c3ccccc3)ncnc21. The smallest absolute Gasteiger partial charge is 0.256 e. The van der Waals surface area contributed by atoms with Crippen molar-refractivity contribution >= 4 is 60.9 Å². The first kappa shape index (κ1) is 53.9. The first-order valence-electron chi connectivity index (χ1n) is 25.3. The van der Waals surface area contributed by atoms with Gasteiger partial charge in [-0.2, -0.15) is 0 Å². The minimum atomic E-state index is -2.89. The molecule has 11 rings (SSSR count). The largest absolute Gasteiger partial charge is 0.497 e. The van der Waals surface area contributed by atoms with E-state index in [-0.39, 0.29) is 40.6 Å². The normalized spacial score (nSPS) is 21.8. The van der Waals surface area contributed by atoms with Crippen LogP contribution in [0.15, 0.2) is 165 Å². The Bertz CT molecular complexity index is 3570. The van der Waals surface area contributed by atoms with Gasteiger partial charge in [-0.1, -0.05) is 97.9 Å². The van der Waals surface area contributed by atoms with Crippen molar-refractivity contribution in [3.63, 3.8) is 0 Å². The third-order valence-corrected chi connectivity index (χ3v) is 15.0. The molecule has 9 atom stereocenters. The highest BCUT2D eigenvalue weighted by atomic mass is 31.2. The van der Waals surface area contributed by atoms with Crippen molar-refractivity contribution in [1.29, 1.82) is 0 Å². The van der Waals surface area contributed by atoms with E-state index in [0.717, 1.165) is 0 Å². The minimum absolute atomic E-state index is 0.112. The van der Waals surface area contributed by atoms with Crippen LogP contribution in [0.2, 0.25) is 0 Å². The fourth-order valence-electron chi connectivity index (χ4n) is 9.96. The van der Waals surface area contributed by atoms with Gasteiger partial charge in [0.2, 0.25) is 0 Å². The van der Waals surface area contributed by atoms with Gasteiger partial charge in [0.05, 0.1) is 47.2 Å². The van der Waals surface area contributed by atoms with Gasteiger partial charge in [-0.15, -0.1) is 0 Å². The lowest BCUT2D eigenvalue weighted by Crippen LogP contribution is -2.44. The van der Waals surface area contributed by atoms with Gasteiger partial charge >= 0.3 is 0 Å². The minimum Gasteiger partial charge on any atom is -0.497 e. The average molecular weight is 1100 g/mol. The standard InChI is InChI=1S/C57H56BF2N10O9P/c1-5-41-43(59)48(56(76-41)70-33-66-46-50(62-31-64-52(46)70)68-54(72)35-17-11-7-12-18-35)79-80(4,58)75-29-42-47(44(60)55(77-42)69-32-65-45-49(61-30-63-51(45)69)67-53(71)34-15-9-6-10-16-34)78-57(36-19-13-8-14-20-36,37-21-25-39(73-2)26-22-37)38-23-27-40(74-3)28-24-38/h6-28,30-33,41-44,47-48,55-56H,5,29H2,1-4,58H3,(H,61,63,67,71)(H,62,64,68,72)/t41?,42-,43?,44?,47+,48?,55-,56?,80?/m1/s1. The van der Waals surface area contributed by atoms with E-state index in [4.69, 9.17) is 32.7 Å². The Morgan fingerprint density at radius 1 is 0.613 bits per heavy atom. The van der Waals surface area contributed by atoms with Gasteiger partial charge in [-0.05, 0) is 71.6 Å². The third-order valence-electron chi connectivity index (χ3n) is 13.9. The van der Waals surface area contributed by atoms with Crippen LogP contribution in [0.5, 0.6) is 11.5 Å². The molecule has 2 aliphatic rings.